The largest absolute Gasteiger partial charge is 0.480 e. The highest BCUT2D eigenvalue weighted by Crippen LogP contribution is 2.12. The van der Waals surface area contributed by atoms with Crippen LogP contribution in [0.15, 0.2) is 0 Å². The first kappa shape index (κ1) is 14.8. The summed E-state index contributed by atoms with van der Waals surface area (Å²) in [6.45, 7) is 5.96. The fraction of sp³-hybridized carbons (Fsp3) is 0.833. The van der Waals surface area contributed by atoms with E-state index < -0.39 is 12.0 Å². The summed E-state index contributed by atoms with van der Waals surface area (Å²) < 4.78 is 0. The molecule has 0 radical (unpaired) electrons. The number of hydrogen-bond donors (Lipinski definition) is 1. The molecule has 104 valence electrons. The summed E-state index contributed by atoms with van der Waals surface area (Å²) in [5.74, 6) is -0.949. The number of carboxylic acid groups (broad SMARTS) is 1. The Morgan fingerprint density at radius 1 is 1.44 bits per heavy atom. The molecule has 0 aliphatic carbocycles. The molecule has 0 spiro atoms. The Hall–Kier alpha value is -1.30. The third kappa shape index (κ3) is 3.13. The Labute approximate surface area is 108 Å². The number of urea groups is 1. The van der Waals surface area contributed by atoms with E-state index in [1.807, 2.05) is 7.05 Å². The summed E-state index contributed by atoms with van der Waals surface area (Å²) in [5, 5.41) is 9.06. The predicted octanol–water partition coefficient (Wildman–Crippen LogP) is 0.537. The van der Waals surface area contributed by atoms with Gasteiger partial charge in [-0.25, -0.2) is 9.59 Å². The van der Waals surface area contributed by atoms with Gasteiger partial charge in [-0.3, -0.25) is 0 Å². The quantitative estimate of drug-likeness (QED) is 0.801. The van der Waals surface area contributed by atoms with E-state index in [2.05, 4.69) is 11.8 Å². The van der Waals surface area contributed by atoms with Crippen molar-refractivity contribution < 1.29 is 14.7 Å². The number of carbonyl (C=O) groups excluding carboxylic acids is 1. The van der Waals surface area contributed by atoms with Crippen molar-refractivity contribution in [1.29, 1.82) is 0 Å². The Morgan fingerprint density at radius 2 is 2.06 bits per heavy atom. The lowest BCUT2D eigenvalue weighted by molar-refractivity contribution is -0.142. The number of nitrogens with zero attached hydrogens (tertiary/aromatic N) is 3. The van der Waals surface area contributed by atoms with E-state index in [9.17, 15) is 9.59 Å². The minimum atomic E-state index is -0.949. The third-order valence-corrected chi connectivity index (χ3v) is 3.67. The second-order valence-corrected chi connectivity index (χ2v) is 4.93. The molecular formula is C12H23N3O3. The topological polar surface area (TPSA) is 64.1 Å². The van der Waals surface area contributed by atoms with Gasteiger partial charge in [0.15, 0.2) is 0 Å². The Bertz CT molecular complexity index is 322. The van der Waals surface area contributed by atoms with Crippen LogP contribution in [0.4, 0.5) is 4.79 Å². The van der Waals surface area contributed by atoms with Crippen LogP contribution in [0.5, 0.6) is 0 Å². The van der Waals surface area contributed by atoms with E-state index in [0.29, 0.717) is 25.6 Å². The second-order valence-electron chi connectivity index (χ2n) is 4.93. The van der Waals surface area contributed by atoms with E-state index in [4.69, 9.17) is 5.11 Å². The number of aliphatic carboxylic acids is 1. The van der Waals surface area contributed by atoms with Gasteiger partial charge in [-0.15, -0.1) is 0 Å². The number of rotatable bonds is 3. The lowest BCUT2D eigenvalue weighted by Crippen LogP contribution is -2.57. The molecule has 1 heterocycles. The third-order valence-electron chi connectivity index (χ3n) is 3.67. The fourth-order valence-corrected chi connectivity index (χ4v) is 2.19. The van der Waals surface area contributed by atoms with Crippen LogP contribution in [0.1, 0.15) is 20.3 Å². The van der Waals surface area contributed by atoms with E-state index in [1.165, 1.54) is 4.90 Å². The maximum atomic E-state index is 12.2. The summed E-state index contributed by atoms with van der Waals surface area (Å²) in [6.07, 6.45) is 0.418. The van der Waals surface area contributed by atoms with Crippen LogP contribution < -0.4 is 0 Å². The van der Waals surface area contributed by atoms with Gasteiger partial charge in [-0.2, -0.15) is 0 Å². The lowest BCUT2D eigenvalue weighted by atomic mass is 10.2. The van der Waals surface area contributed by atoms with Gasteiger partial charge in [0, 0.05) is 32.7 Å². The number of carboxylic acids is 1. The number of amides is 2. The zero-order valence-corrected chi connectivity index (χ0v) is 11.6. The molecule has 18 heavy (non-hydrogen) atoms. The van der Waals surface area contributed by atoms with Crippen molar-refractivity contribution in [3.63, 3.8) is 0 Å². The maximum Gasteiger partial charge on any atom is 0.326 e. The van der Waals surface area contributed by atoms with Crippen LogP contribution in [-0.4, -0.2) is 77.6 Å². The summed E-state index contributed by atoms with van der Waals surface area (Å²) in [4.78, 5) is 28.5. The Kier molecular flexibility index (Phi) is 4.95. The molecule has 1 aliphatic rings. The Morgan fingerprint density at radius 3 is 2.50 bits per heavy atom. The summed E-state index contributed by atoms with van der Waals surface area (Å²) >= 11 is 0. The molecule has 0 aromatic rings. The summed E-state index contributed by atoms with van der Waals surface area (Å²) in [7, 11) is 3.59. The van der Waals surface area contributed by atoms with Crippen LogP contribution in [0.25, 0.3) is 0 Å². The maximum absolute atomic E-state index is 12.2. The van der Waals surface area contributed by atoms with Crippen molar-refractivity contribution in [2.75, 3.05) is 33.7 Å². The van der Waals surface area contributed by atoms with Gasteiger partial charge in [-0.05, 0) is 20.4 Å². The molecule has 6 nitrogen and oxygen atoms in total. The van der Waals surface area contributed by atoms with Crippen molar-refractivity contribution >= 4 is 12.0 Å². The van der Waals surface area contributed by atoms with E-state index in [0.717, 1.165) is 6.54 Å². The molecule has 1 aliphatic heterocycles. The first-order valence-corrected chi connectivity index (χ1v) is 6.33. The van der Waals surface area contributed by atoms with Crippen molar-refractivity contribution in [3.8, 4) is 0 Å². The molecule has 6 heteroatoms. The average molecular weight is 257 g/mol. The molecule has 1 fully saturated rings. The zero-order chi connectivity index (χ0) is 13.9. The van der Waals surface area contributed by atoms with Crippen LogP contribution in [0, 0.1) is 0 Å². The molecule has 2 atom stereocenters. The van der Waals surface area contributed by atoms with Gasteiger partial charge in [-0.1, -0.05) is 6.92 Å². The van der Waals surface area contributed by atoms with Crippen molar-refractivity contribution in [2.45, 2.75) is 32.4 Å². The first-order valence-electron chi connectivity index (χ1n) is 6.33. The average Bonchev–Trinajstić information content (AvgIpc) is 2.32. The molecule has 2 amide bonds. The van der Waals surface area contributed by atoms with Gasteiger partial charge in [0.1, 0.15) is 6.04 Å². The summed E-state index contributed by atoms with van der Waals surface area (Å²) in [5.41, 5.74) is 0. The van der Waals surface area contributed by atoms with Crippen LogP contribution in [-0.2, 0) is 4.79 Å². The first-order chi connectivity index (χ1) is 8.38. The highest BCUT2D eigenvalue weighted by atomic mass is 16.4. The standard InChI is InChI=1S/C12H23N3O3/c1-5-10(11(16)17)14(4)12(18)15-7-6-13(3)9(2)8-15/h9-10H,5-8H2,1-4H3,(H,16,17). The highest BCUT2D eigenvalue weighted by Gasteiger charge is 2.31. The minimum Gasteiger partial charge on any atom is -0.480 e. The lowest BCUT2D eigenvalue weighted by Gasteiger charge is -2.40. The minimum absolute atomic E-state index is 0.191. The molecular weight excluding hydrogens is 234 g/mol. The highest BCUT2D eigenvalue weighted by molar-refractivity contribution is 5.82. The number of likely N-dealkylation sites (N-methyl/N-ethyl adjacent to an activating group) is 2. The molecule has 0 bridgehead atoms. The van der Waals surface area contributed by atoms with Crippen LogP contribution >= 0.6 is 0 Å². The van der Waals surface area contributed by atoms with Gasteiger partial charge < -0.3 is 19.8 Å². The van der Waals surface area contributed by atoms with E-state index in [1.54, 1.807) is 18.9 Å². The van der Waals surface area contributed by atoms with Crippen molar-refractivity contribution in [2.24, 2.45) is 0 Å². The second kappa shape index (κ2) is 6.04. The van der Waals surface area contributed by atoms with Gasteiger partial charge in [0.25, 0.3) is 0 Å². The molecule has 0 aromatic heterocycles. The van der Waals surface area contributed by atoms with Gasteiger partial charge >= 0.3 is 12.0 Å². The van der Waals surface area contributed by atoms with E-state index >= 15 is 0 Å². The SMILES string of the molecule is CCC(C(=O)O)N(C)C(=O)N1CCN(C)C(C)C1. The number of piperazine rings is 1. The van der Waals surface area contributed by atoms with Crippen LogP contribution in [0.3, 0.4) is 0 Å². The molecule has 1 rings (SSSR count). The fourth-order valence-electron chi connectivity index (χ4n) is 2.19. The Balaban J connectivity index is 2.66. The van der Waals surface area contributed by atoms with Crippen LogP contribution in [0.2, 0.25) is 0 Å². The summed E-state index contributed by atoms with van der Waals surface area (Å²) in [6, 6.07) is -0.627. The normalized spacial score (nSPS) is 22.7. The monoisotopic (exact) mass is 257 g/mol. The molecule has 0 aromatic carbocycles. The molecule has 1 saturated heterocycles. The van der Waals surface area contributed by atoms with Gasteiger partial charge in [0.05, 0.1) is 0 Å². The smallest absolute Gasteiger partial charge is 0.326 e. The zero-order valence-electron chi connectivity index (χ0n) is 11.6. The molecule has 1 N–H and O–H groups in total. The number of carbonyl (C=O) groups is 2. The molecule has 0 saturated carbocycles. The van der Waals surface area contributed by atoms with E-state index in [-0.39, 0.29) is 6.03 Å². The van der Waals surface area contributed by atoms with Crippen molar-refractivity contribution in [1.82, 2.24) is 14.7 Å². The predicted molar refractivity (Wildman–Crippen MR) is 68.5 cm³/mol. The van der Waals surface area contributed by atoms with Crippen molar-refractivity contribution in [3.05, 3.63) is 0 Å². The van der Waals surface area contributed by atoms with Gasteiger partial charge in [0.2, 0.25) is 0 Å². The molecule has 2 unspecified atom stereocenters. The number of hydrogen-bond acceptors (Lipinski definition) is 3.